The van der Waals surface area contributed by atoms with E-state index >= 15 is 0 Å². The predicted molar refractivity (Wildman–Crippen MR) is 94.9 cm³/mol. The van der Waals surface area contributed by atoms with Gasteiger partial charge in [0, 0.05) is 12.1 Å². The highest BCUT2D eigenvalue weighted by molar-refractivity contribution is 5.94. The third-order valence-corrected chi connectivity index (χ3v) is 3.44. The molecular formula is C19H21NO6. The monoisotopic (exact) mass is 359 g/mol. The van der Waals surface area contributed by atoms with Crippen LogP contribution in [0.3, 0.4) is 0 Å². The maximum atomic E-state index is 12.3. The lowest BCUT2D eigenvalue weighted by molar-refractivity contribution is -0.139. The summed E-state index contributed by atoms with van der Waals surface area (Å²) >= 11 is 0. The van der Waals surface area contributed by atoms with Crippen LogP contribution in [0.15, 0.2) is 42.5 Å². The van der Waals surface area contributed by atoms with Crippen LogP contribution in [0.1, 0.15) is 22.8 Å². The van der Waals surface area contributed by atoms with Gasteiger partial charge in [0.15, 0.2) is 18.1 Å². The van der Waals surface area contributed by atoms with Crippen molar-refractivity contribution in [2.75, 3.05) is 20.3 Å². The Kier molecular flexibility index (Phi) is 6.84. The quantitative estimate of drug-likeness (QED) is 0.714. The minimum Gasteiger partial charge on any atom is -0.493 e. The molecular weight excluding hydrogens is 338 g/mol. The average molecular weight is 359 g/mol. The molecule has 0 bridgehead atoms. The van der Waals surface area contributed by atoms with Crippen LogP contribution in [0.2, 0.25) is 0 Å². The van der Waals surface area contributed by atoms with Gasteiger partial charge < -0.3 is 24.6 Å². The number of amides is 1. The van der Waals surface area contributed by atoms with Crippen LogP contribution in [0, 0.1) is 0 Å². The number of methoxy groups -OCH3 is 1. The van der Waals surface area contributed by atoms with E-state index in [1.165, 1.54) is 6.07 Å². The second-order valence-electron chi connectivity index (χ2n) is 5.31. The Balaban J connectivity index is 2.00. The first-order valence-corrected chi connectivity index (χ1v) is 8.06. The summed E-state index contributed by atoms with van der Waals surface area (Å²) in [7, 11) is 1.56. The van der Waals surface area contributed by atoms with Crippen LogP contribution in [0.25, 0.3) is 0 Å². The van der Waals surface area contributed by atoms with Gasteiger partial charge in [0.1, 0.15) is 5.75 Å². The molecule has 0 aliphatic heterocycles. The Hall–Kier alpha value is -3.22. The minimum atomic E-state index is -1.08. The van der Waals surface area contributed by atoms with Crippen LogP contribution >= 0.6 is 0 Å². The standard InChI is InChI=1S/C19H21NO6/c1-3-25-16-8-7-13(9-17(16)24-2)11-20-19(23)14-5-4-6-15(10-14)26-12-18(21)22/h4-10H,3,11-12H2,1-2H3,(H,20,23)(H,21,22). The molecule has 2 N–H and O–H groups in total. The molecule has 138 valence electrons. The van der Waals surface area contributed by atoms with E-state index in [9.17, 15) is 9.59 Å². The summed E-state index contributed by atoms with van der Waals surface area (Å²) < 4.78 is 15.8. The van der Waals surface area contributed by atoms with Crippen molar-refractivity contribution in [3.05, 3.63) is 53.6 Å². The van der Waals surface area contributed by atoms with Gasteiger partial charge in [0.05, 0.1) is 13.7 Å². The molecule has 0 unspecified atom stereocenters. The number of carbonyl (C=O) groups is 2. The van der Waals surface area contributed by atoms with Crippen molar-refractivity contribution in [1.82, 2.24) is 5.32 Å². The second-order valence-corrected chi connectivity index (χ2v) is 5.31. The van der Waals surface area contributed by atoms with Crippen LogP contribution in [-0.4, -0.2) is 37.3 Å². The highest BCUT2D eigenvalue weighted by Gasteiger charge is 2.09. The zero-order valence-corrected chi connectivity index (χ0v) is 14.7. The van der Waals surface area contributed by atoms with Crippen LogP contribution in [-0.2, 0) is 11.3 Å². The number of benzene rings is 2. The maximum absolute atomic E-state index is 12.3. The second kappa shape index (κ2) is 9.31. The van der Waals surface area contributed by atoms with Gasteiger partial charge in [-0.1, -0.05) is 12.1 Å². The zero-order chi connectivity index (χ0) is 18.9. The fourth-order valence-electron chi connectivity index (χ4n) is 2.25. The molecule has 0 aliphatic carbocycles. The number of hydrogen-bond donors (Lipinski definition) is 2. The highest BCUT2D eigenvalue weighted by Crippen LogP contribution is 2.28. The molecule has 2 rings (SSSR count). The molecule has 0 spiro atoms. The summed E-state index contributed by atoms with van der Waals surface area (Å²) in [5.41, 5.74) is 1.24. The molecule has 2 aromatic rings. The Morgan fingerprint density at radius 1 is 1.08 bits per heavy atom. The van der Waals surface area contributed by atoms with Crippen molar-refractivity contribution in [1.29, 1.82) is 0 Å². The van der Waals surface area contributed by atoms with Gasteiger partial charge in [-0.15, -0.1) is 0 Å². The van der Waals surface area contributed by atoms with E-state index < -0.39 is 12.6 Å². The number of aliphatic carboxylic acids is 1. The first kappa shape index (κ1) is 19.1. The number of hydrogen-bond acceptors (Lipinski definition) is 5. The third-order valence-electron chi connectivity index (χ3n) is 3.44. The Morgan fingerprint density at radius 2 is 1.88 bits per heavy atom. The molecule has 0 atom stereocenters. The lowest BCUT2D eigenvalue weighted by Gasteiger charge is -2.12. The number of carboxylic acid groups (broad SMARTS) is 1. The molecule has 0 fully saturated rings. The first-order valence-electron chi connectivity index (χ1n) is 8.06. The van der Waals surface area contributed by atoms with Crippen molar-refractivity contribution >= 4 is 11.9 Å². The molecule has 0 saturated heterocycles. The van der Waals surface area contributed by atoms with Crippen molar-refractivity contribution in [3.8, 4) is 17.2 Å². The van der Waals surface area contributed by atoms with E-state index in [0.717, 1.165) is 5.56 Å². The lowest BCUT2D eigenvalue weighted by Crippen LogP contribution is -2.22. The summed E-state index contributed by atoms with van der Waals surface area (Å²) in [6.45, 7) is 2.27. The SMILES string of the molecule is CCOc1ccc(CNC(=O)c2cccc(OCC(=O)O)c2)cc1OC. The van der Waals surface area contributed by atoms with E-state index in [2.05, 4.69) is 5.32 Å². The molecule has 1 amide bonds. The van der Waals surface area contributed by atoms with Gasteiger partial charge in [0.2, 0.25) is 0 Å². The van der Waals surface area contributed by atoms with Crippen molar-refractivity contribution in [2.24, 2.45) is 0 Å². The summed E-state index contributed by atoms with van der Waals surface area (Å²) in [5, 5.41) is 11.4. The van der Waals surface area contributed by atoms with Crippen molar-refractivity contribution in [3.63, 3.8) is 0 Å². The molecule has 0 aromatic heterocycles. The van der Waals surface area contributed by atoms with Crippen LogP contribution in [0.4, 0.5) is 0 Å². The molecule has 0 radical (unpaired) electrons. The molecule has 7 nitrogen and oxygen atoms in total. The largest absolute Gasteiger partial charge is 0.493 e. The molecule has 2 aromatic carbocycles. The fraction of sp³-hybridized carbons (Fsp3) is 0.263. The zero-order valence-electron chi connectivity index (χ0n) is 14.7. The number of rotatable bonds is 9. The van der Waals surface area contributed by atoms with Crippen molar-refractivity contribution < 1.29 is 28.9 Å². The molecule has 0 aliphatic rings. The predicted octanol–water partition coefficient (Wildman–Crippen LogP) is 2.49. The molecule has 0 saturated carbocycles. The minimum absolute atomic E-state index is 0.293. The smallest absolute Gasteiger partial charge is 0.341 e. The van der Waals surface area contributed by atoms with E-state index in [1.807, 2.05) is 13.0 Å². The van der Waals surface area contributed by atoms with E-state index in [-0.39, 0.29) is 5.91 Å². The maximum Gasteiger partial charge on any atom is 0.341 e. The summed E-state index contributed by atoms with van der Waals surface area (Å²) in [6, 6.07) is 11.8. The van der Waals surface area contributed by atoms with Crippen LogP contribution < -0.4 is 19.5 Å². The molecule has 26 heavy (non-hydrogen) atoms. The average Bonchev–Trinajstić information content (AvgIpc) is 2.65. The number of nitrogens with one attached hydrogen (secondary N) is 1. The fourth-order valence-corrected chi connectivity index (χ4v) is 2.25. The number of ether oxygens (including phenoxy) is 3. The summed E-state index contributed by atoms with van der Waals surface area (Å²) in [4.78, 5) is 22.8. The van der Waals surface area contributed by atoms with Gasteiger partial charge in [-0.25, -0.2) is 4.79 Å². The number of carbonyl (C=O) groups excluding carboxylic acids is 1. The van der Waals surface area contributed by atoms with E-state index in [0.29, 0.717) is 36.0 Å². The Labute approximate surface area is 151 Å². The lowest BCUT2D eigenvalue weighted by atomic mass is 10.1. The first-order chi connectivity index (χ1) is 12.5. The Bertz CT molecular complexity index is 774. The van der Waals surface area contributed by atoms with Gasteiger partial charge >= 0.3 is 5.97 Å². The van der Waals surface area contributed by atoms with Crippen molar-refractivity contribution in [2.45, 2.75) is 13.5 Å². The third kappa shape index (κ3) is 5.41. The normalized spacial score (nSPS) is 10.1. The number of carboxylic acids is 1. The van der Waals surface area contributed by atoms with E-state index in [1.54, 1.807) is 37.4 Å². The molecule has 7 heteroatoms. The van der Waals surface area contributed by atoms with Crippen LogP contribution in [0.5, 0.6) is 17.2 Å². The molecule has 0 heterocycles. The topological polar surface area (TPSA) is 94.1 Å². The van der Waals surface area contributed by atoms with E-state index in [4.69, 9.17) is 19.3 Å². The Morgan fingerprint density at radius 3 is 2.58 bits per heavy atom. The highest BCUT2D eigenvalue weighted by atomic mass is 16.5. The van der Waals surface area contributed by atoms with Gasteiger partial charge in [-0.3, -0.25) is 4.79 Å². The summed E-state index contributed by atoms with van der Waals surface area (Å²) in [6.07, 6.45) is 0. The van der Waals surface area contributed by atoms with Gasteiger partial charge in [0.25, 0.3) is 5.91 Å². The van der Waals surface area contributed by atoms with Gasteiger partial charge in [-0.05, 0) is 42.8 Å². The van der Waals surface area contributed by atoms with Gasteiger partial charge in [-0.2, -0.15) is 0 Å². The summed E-state index contributed by atoms with van der Waals surface area (Å²) in [5.74, 6) is 0.196.